The molecule has 4 aromatic heterocycles. The second kappa shape index (κ2) is 16.2. The molecule has 4 saturated heterocycles. The van der Waals surface area contributed by atoms with Gasteiger partial charge in [0.05, 0.1) is 66.0 Å². The van der Waals surface area contributed by atoms with Crippen LogP contribution in [-0.4, -0.2) is 133 Å². The van der Waals surface area contributed by atoms with E-state index in [0.717, 1.165) is 82.6 Å². The van der Waals surface area contributed by atoms with E-state index in [9.17, 15) is 28.0 Å². The van der Waals surface area contributed by atoms with E-state index < -0.39 is 23.9 Å². The molecule has 1 saturated carbocycles. The molecular weight excluding hydrogens is 793 g/mol. The minimum absolute atomic E-state index is 0.0181. The quantitative estimate of drug-likeness (QED) is 0.142. The minimum atomic E-state index is -2.87. The van der Waals surface area contributed by atoms with Crippen LogP contribution in [0.2, 0.25) is 0 Å². The number of aromatic amines is 1. The number of para-hydroxylation sites is 1. The van der Waals surface area contributed by atoms with Crippen LogP contribution in [0.5, 0.6) is 0 Å². The number of benzene rings is 1. The van der Waals surface area contributed by atoms with Crippen molar-refractivity contribution in [2.24, 2.45) is 5.92 Å². The van der Waals surface area contributed by atoms with Crippen molar-refractivity contribution >= 4 is 57.4 Å². The molecule has 0 unspecified atom stereocenters. The number of amides is 4. The van der Waals surface area contributed by atoms with Gasteiger partial charge in [-0.1, -0.05) is 12.1 Å². The topological polar surface area (TPSA) is 200 Å². The molecule has 1 aromatic carbocycles. The molecule has 18 nitrogen and oxygen atoms in total. The molecule has 5 aliphatic rings. The number of piperazine rings is 1. The van der Waals surface area contributed by atoms with Gasteiger partial charge in [0.2, 0.25) is 17.7 Å². The minimum Gasteiger partial charge on any atom is -0.374 e. The van der Waals surface area contributed by atoms with Crippen LogP contribution in [0.3, 0.4) is 0 Å². The number of hydrogen-bond acceptors (Lipinski definition) is 12. The van der Waals surface area contributed by atoms with E-state index in [4.69, 9.17) is 9.72 Å². The van der Waals surface area contributed by atoms with Crippen LogP contribution in [0.4, 0.5) is 26.0 Å². The number of fused-ring (bicyclic) bond motifs is 4. The number of rotatable bonds is 11. The number of carbonyl (C=O) groups excluding carboxylic acids is 4. The predicted octanol–water partition coefficient (Wildman–Crippen LogP) is 3.48. The number of aromatic nitrogens is 7. The maximum absolute atomic E-state index is 14.3. The van der Waals surface area contributed by atoms with Crippen molar-refractivity contribution in [2.45, 2.75) is 75.5 Å². The number of ether oxygens (including phenoxy) is 1. The molecule has 5 fully saturated rings. The monoisotopic (exact) mass is 839 g/mol. The molecule has 5 aromatic rings. The molecule has 3 atom stereocenters. The summed E-state index contributed by atoms with van der Waals surface area (Å²) in [5, 5.41) is 24.7. The fourth-order valence-electron chi connectivity index (χ4n) is 9.77. The lowest BCUT2D eigenvalue weighted by atomic mass is 9.85. The van der Waals surface area contributed by atoms with Gasteiger partial charge >= 0.3 is 0 Å². The van der Waals surface area contributed by atoms with Gasteiger partial charge < -0.3 is 25.2 Å². The summed E-state index contributed by atoms with van der Waals surface area (Å²) in [5.74, 6) is -0.731. The lowest BCUT2D eigenvalue weighted by Crippen LogP contribution is -2.49. The lowest BCUT2D eigenvalue weighted by molar-refractivity contribution is -0.134. The zero-order valence-electron chi connectivity index (χ0n) is 33.4. The molecule has 0 spiro atoms. The van der Waals surface area contributed by atoms with E-state index >= 15 is 0 Å². The molecule has 4 N–H and O–H groups in total. The highest BCUT2D eigenvalue weighted by Crippen LogP contribution is 2.37. The summed E-state index contributed by atoms with van der Waals surface area (Å²) < 4.78 is 37.4. The van der Waals surface area contributed by atoms with Gasteiger partial charge in [-0.15, -0.1) is 0 Å². The molecule has 8 heterocycles. The number of H-pyrrole nitrogens is 1. The van der Waals surface area contributed by atoms with Crippen LogP contribution in [0.15, 0.2) is 42.9 Å². The molecule has 320 valence electrons. The Morgan fingerprint density at radius 3 is 2.54 bits per heavy atom. The summed E-state index contributed by atoms with van der Waals surface area (Å²) in [6, 6.07) is 7.50. The van der Waals surface area contributed by atoms with Crippen LogP contribution in [0, 0.1) is 5.92 Å². The third kappa shape index (κ3) is 7.83. The number of nitrogens with zero attached hydrogens (tertiary/aromatic N) is 9. The Morgan fingerprint density at radius 2 is 1.79 bits per heavy atom. The first-order valence-electron chi connectivity index (χ1n) is 21.1. The first-order chi connectivity index (χ1) is 29.6. The number of hydrogen-bond donors (Lipinski definition) is 4. The Bertz CT molecular complexity index is 2490. The number of carbonyl (C=O) groups is 4. The maximum atomic E-state index is 14.3. The van der Waals surface area contributed by atoms with Crippen molar-refractivity contribution in [1.29, 1.82) is 0 Å². The van der Waals surface area contributed by atoms with Gasteiger partial charge in [-0.25, -0.2) is 18.3 Å². The van der Waals surface area contributed by atoms with Gasteiger partial charge in [0.15, 0.2) is 11.3 Å². The van der Waals surface area contributed by atoms with Crippen molar-refractivity contribution in [1.82, 2.24) is 49.7 Å². The molecule has 4 amide bonds. The van der Waals surface area contributed by atoms with Gasteiger partial charge in [0, 0.05) is 63.5 Å². The standard InChI is InChI=1S/C41H47F2N13O5/c42-38(43)37-31(46-41(60)29-17-44-55-11-10-32(47-39(29)55)54-19-26-16-25(54)22-61-26)20-56(51-37)24-6-4-23(5-7-24)18-52-12-14-53(15-13-52)21-34(58)45-30-3-1-2-27-35(49-50-36(27)30)28-8-9-33(57)48-40(28)59/h1-3,10-11,17,20,23-26,28,38H,4-9,12-16,18-19,21-22H2,(H,45,58)(H,46,60)(H,49,50)(H,48,57,59)/t23?,24?,25-,26-,28-/m1/s1. The first-order valence-corrected chi connectivity index (χ1v) is 21.1. The molecule has 4 aliphatic heterocycles. The fraction of sp³-hybridized carbons (Fsp3) is 0.512. The van der Waals surface area contributed by atoms with Crippen LogP contribution in [-0.2, 0) is 19.1 Å². The molecule has 0 radical (unpaired) electrons. The SMILES string of the molecule is O=C1CC[C@H](c2n[nH]c3c(NC(=O)CN4CCN(CC5CCC(n6cc(NC(=O)c7cnn8ccc(N9C[C@H]%10C[C@@H]9CO%10)nc78)c(C(F)F)n6)CC5)CC4)cccc23)C(=O)N1. The average Bonchev–Trinajstić information content (AvgIpc) is 4.11. The Morgan fingerprint density at radius 1 is 0.967 bits per heavy atom. The highest BCUT2D eigenvalue weighted by atomic mass is 19.3. The molecule has 61 heavy (non-hydrogen) atoms. The van der Waals surface area contributed by atoms with Crippen LogP contribution in [0.1, 0.15) is 85.1 Å². The largest absolute Gasteiger partial charge is 0.374 e. The predicted molar refractivity (Wildman–Crippen MR) is 217 cm³/mol. The van der Waals surface area contributed by atoms with Crippen LogP contribution >= 0.6 is 0 Å². The summed E-state index contributed by atoms with van der Waals surface area (Å²) in [5.41, 5.74) is 1.83. The van der Waals surface area contributed by atoms with E-state index in [1.165, 1.54) is 16.9 Å². The average molecular weight is 840 g/mol. The van der Waals surface area contributed by atoms with Crippen molar-refractivity contribution in [3.05, 3.63) is 59.8 Å². The van der Waals surface area contributed by atoms with Crippen molar-refractivity contribution in [3.63, 3.8) is 0 Å². The summed E-state index contributed by atoms with van der Waals surface area (Å²) in [6.45, 7) is 5.69. The van der Waals surface area contributed by atoms with E-state index in [1.54, 1.807) is 16.9 Å². The van der Waals surface area contributed by atoms with Crippen LogP contribution < -0.4 is 20.9 Å². The normalized spacial score (nSPS) is 24.9. The zero-order chi connectivity index (χ0) is 41.8. The molecule has 1 aliphatic carbocycles. The summed E-state index contributed by atoms with van der Waals surface area (Å²) >= 11 is 0. The zero-order valence-corrected chi connectivity index (χ0v) is 33.4. The molecular formula is C41H47F2N13O5. The highest BCUT2D eigenvalue weighted by Gasteiger charge is 2.40. The molecule has 20 heteroatoms. The van der Waals surface area contributed by atoms with E-state index in [1.807, 2.05) is 18.2 Å². The van der Waals surface area contributed by atoms with Gasteiger partial charge in [0.25, 0.3) is 12.3 Å². The van der Waals surface area contributed by atoms with E-state index in [0.29, 0.717) is 41.5 Å². The number of nitrogens with one attached hydrogen (secondary N) is 4. The molecule has 10 rings (SSSR count). The molecule has 2 bridgehead atoms. The Labute approximate surface area is 348 Å². The van der Waals surface area contributed by atoms with Crippen molar-refractivity contribution in [2.75, 3.05) is 68.0 Å². The van der Waals surface area contributed by atoms with E-state index in [-0.39, 0.29) is 60.1 Å². The number of halogens is 2. The second-order valence-electron chi connectivity index (χ2n) is 16.9. The lowest BCUT2D eigenvalue weighted by Gasteiger charge is -2.38. The number of alkyl halides is 2. The number of piperidine rings is 1. The first kappa shape index (κ1) is 39.3. The Hall–Kier alpha value is -5.86. The van der Waals surface area contributed by atoms with Gasteiger partial charge in [0.1, 0.15) is 11.4 Å². The fourth-order valence-corrected chi connectivity index (χ4v) is 9.77. The smallest absolute Gasteiger partial charge is 0.284 e. The summed E-state index contributed by atoms with van der Waals surface area (Å²) in [4.78, 5) is 62.3. The van der Waals surface area contributed by atoms with Crippen LogP contribution in [0.25, 0.3) is 16.6 Å². The van der Waals surface area contributed by atoms with Crippen molar-refractivity contribution < 1.29 is 32.7 Å². The second-order valence-corrected chi connectivity index (χ2v) is 16.9. The number of anilines is 3. The third-order valence-electron chi connectivity index (χ3n) is 13.0. The van der Waals surface area contributed by atoms with Gasteiger partial charge in [-0.05, 0) is 56.6 Å². The Kier molecular flexibility index (Phi) is 10.4. The maximum Gasteiger partial charge on any atom is 0.284 e. The van der Waals surface area contributed by atoms with Crippen molar-refractivity contribution in [3.8, 4) is 0 Å². The van der Waals surface area contributed by atoms with Gasteiger partial charge in [-0.3, -0.25) is 39.2 Å². The highest BCUT2D eigenvalue weighted by molar-refractivity contribution is 6.08. The number of imide groups is 1. The third-order valence-corrected chi connectivity index (χ3v) is 13.0. The van der Waals surface area contributed by atoms with E-state index in [2.05, 4.69) is 51.0 Å². The number of morpholine rings is 1. The summed E-state index contributed by atoms with van der Waals surface area (Å²) in [6.07, 6.45) is 6.97. The summed E-state index contributed by atoms with van der Waals surface area (Å²) in [7, 11) is 0. The Balaban J connectivity index is 0.699. The van der Waals surface area contributed by atoms with Gasteiger partial charge in [-0.2, -0.15) is 15.3 Å².